The largest absolute Gasteiger partial charge is 0.444 e. The van der Waals surface area contributed by atoms with Crippen molar-refractivity contribution >= 4 is 27.9 Å². The second-order valence-electron chi connectivity index (χ2n) is 7.14. The van der Waals surface area contributed by atoms with E-state index in [0.29, 0.717) is 23.3 Å². The molecule has 0 spiro atoms. The summed E-state index contributed by atoms with van der Waals surface area (Å²) in [5.41, 5.74) is 0.662. The van der Waals surface area contributed by atoms with E-state index in [-0.39, 0.29) is 12.0 Å². The fourth-order valence-corrected chi connectivity index (χ4v) is 3.04. The van der Waals surface area contributed by atoms with Gasteiger partial charge in [-0.15, -0.1) is 0 Å². The molecule has 0 N–H and O–H groups in total. The van der Waals surface area contributed by atoms with Gasteiger partial charge in [0.15, 0.2) is 5.69 Å². The number of halogens is 1. The van der Waals surface area contributed by atoms with Crippen molar-refractivity contribution in [1.29, 1.82) is 0 Å². The highest BCUT2D eigenvalue weighted by Crippen LogP contribution is 2.26. The fraction of sp³-hybridized carbons (Fsp3) is 0.688. The first-order valence-corrected chi connectivity index (χ1v) is 8.84. The van der Waals surface area contributed by atoms with E-state index in [9.17, 15) is 9.59 Å². The maximum absolute atomic E-state index is 12.4. The van der Waals surface area contributed by atoms with Gasteiger partial charge in [-0.1, -0.05) is 0 Å². The van der Waals surface area contributed by atoms with E-state index in [0.717, 1.165) is 25.1 Å². The second kappa shape index (κ2) is 7.13. The Kier molecular flexibility index (Phi) is 5.57. The van der Waals surface area contributed by atoms with Crippen LogP contribution in [0.15, 0.2) is 4.47 Å². The van der Waals surface area contributed by atoms with Crippen LogP contribution in [-0.2, 0) is 17.8 Å². The summed E-state index contributed by atoms with van der Waals surface area (Å²) in [6.07, 6.45) is 1.41. The standard InChI is InChI=1S/C16H25BrN4O3/c1-16(2,3)24-15(23)20-8-6-7-9-21-11(10-20)12(17)13(18-21)14(22)19(4)5/h6-10H2,1-5H3. The molecule has 0 saturated carbocycles. The van der Waals surface area contributed by atoms with Crippen LogP contribution in [0.3, 0.4) is 0 Å². The Hall–Kier alpha value is -1.57. The molecule has 24 heavy (non-hydrogen) atoms. The van der Waals surface area contributed by atoms with Crippen molar-refractivity contribution in [2.24, 2.45) is 0 Å². The van der Waals surface area contributed by atoms with E-state index in [1.54, 1.807) is 19.0 Å². The average molecular weight is 401 g/mol. The zero-order valence-electron chi connectivity index (χ0n) is 14.9. The summed E-state index contributed by atoms with van der Waals surface area (Å²) in [5, 5.41) is 4.44. The first-order valence-electron chi connectivity index (χ1n) is 8.05. The molecule has 0 fully saturated rings. The molecular weight excluding hydrogens is 376 g/mol. The molecule has 0 saturated heterocycles. The molecule has 0 radical (unpaired) electrons. The smallest absolute Gasteiger partial charge is 0.410 e. The maximum atomic E-state index is 12.4. The van der Waals surface area contributed by atoms with Crippen LogP contribution in [0.25, 0.3) is 0 Å². The number of nitrogens with zero attached hydrogens (tertiary/aromatic N) is 4. The number of amides is 2. The van der Waals surface area contributed by atoms with Crippen molar-refractivity contribution < 1.29 is 14.3 Å². The predicted octanol–water partition coefficient (Wildman–Crippen LogP) is 2.88. The number of carbonyl (C=O) groups is 2. The van der Waals surface area contributed by atoms with E-state index in [2.05, 4.69) is 21.0 Å². The van der Waals surface area contributed by atoms with Crippen molar-refractivity contribution in [1.82, 2.24) is 19.6 Å². The molecule has 1 aromatic rings. The predicted molar refractivity (Wildman–Crippen MR) is 93.8 cm³/mol. The first kappa shape index (κ1) is 18.8. The molecular formula is C16H25BrN4O3. The topological polar surface area (TPSA) is 67.7 Å². The molecule has 1 aliphatic rings. The summed E-state index contributed by atoms with van der Waals surface area (Å²) in [6, 6.07) is 0. The lowest BCUT2D eigenvalue weighted by molar-refractivity contribution is 0.0218. The summed E-state index contributed by atoms with van der Waals surface area (Å²) < 4.78 is 7.95. The third-order valence-electron chi connectivity index (χ3n) is 3.64. The van der Waals surface area contributed by atoms with Gasteiger partial charge in [0.05, 0.1) is 16.7 Å². The van der Waals surface area contributed by atoms with Crippen molar-refractivity contribution in [2.45, 2.75) is 52.3 Å². The number of carbonyl (C=O) groups excluding carboxylic acids is 2. The molecule has 8 heteroatoms. The molecule has 0 bridgehead atoms. The van der Waals surface area contributed by atoms with E-state index < -0.39 is 5.60 Å². The third kappa shape index (κ3) is 4.28. The van der Waals surface area contributed by atoms with Gasteiger partial charge < -0.3 is 14.5 Å². The van der Waals surface area contributed by atoms with E-state index in [1.807, 2.05) is 25.5 Å². The Bertz CT molecular complexity index is 634. The molecule has 7 nitrogen and oxygen atoms in total. The van der Waals surface area contributed by atoms with Gasteiger partial charge in [0.25, 0.3) is 5.91 Å². The zero-order valence-corrected chi connectivity index (χ0v) is 16.5. The summed E-state index contributed by atoms with van der Waals surface area (Å²) in [7, 11) is 3.39. The Labute approximate surface area is 151 Å². The van der Waals surface area contributed by atoms with Gasteiger partial charge in [-0.25, -0.2) is 4.79 Å². The zero-order chi connectivity index (χ0) is 18.1. The van der Waals surface area contributed by atoms with Crippen LogP contribution < -0.4 is 0 Å². The number of ether oxygens (including phenoxy) is 1. The molecule has 2 amide bonds. The Morgan fingerprint density at radius 1 is 1.21 bits per heavy atom. The first-order chi connectivity index (χ1) is 11.1. The van der Waals surface area contributed by atoms with Gasteiger partial charge in [-0.05, 0) is 49.5 Å². The molecule has 0 atom stereocenters. The molecule has 1 aliphatic heterocycles. The highest BCUT2D eigenvalue weighted by atomic mass is 79.9. The SMILES string of the molecule is CN(C)C(=O)c1nn2c(c1Br)CN(C(=O)OC(C)(C)C)CCCC2. The number of fused-ring (bicyclic) bond motifs is 1. The van der Waals surface area contributed by atoms with E-state index in [1.165, 1.54) is 4.90 Å². The minimum atomic E-state index is -0.539. The molecule has 2 rings (SSSR count). The molecule has 1 aromatic heterocycles. The Morgan fingerprint density at radius 3 is 2.42 bits per heavy atom. The quantitative estimate of drug-likeness (QED) is 0.726. The minimum Gasteiger partial charge on any atom is -0.444 e. The number of aromatic nitrogens is 2. The van der Waals surface area contributed by atoms with Crippen molar-refractivity contribution in [2.75, 3.05) is 20.6 Å². The number of hydrogen-bond donors (Lipinski definition) is 0. The van der Waals surface area contributed by atoms with Crippen molar-refractivity contribution in [3.63, 3.8) is 0 Å². The lowest BCUT2D eigenvalue weighted by Crippen LogP contribution is -2.38. The molecule has 0 aromatic carbocycles. The molecule has 134 valence electrons. The van der Waals surface area contributed by atoms with Gasteiger partial charge in [-0.2, -0.15) is 5.10 Å². The van der Waals surface area contributed by atoms with Gasteiger partial charge in [0.1, 0.15) is 5.60 Å². The lowest BCUT2D eigenvalue weighted by atomic mass is 10.2. The fourth-order valence-electron chi connectivity index (χ4n) is 2.47. The van der Waals surface area contributed by atoms with Crippen LogP contribution in [0.5, 0.6) is 0 Å². The Balaban J connectivity index is 2.30. The lowest BCUT2D eigenvalue weighted by Gasteiger charge is -2.29. The molecule has 0 aliphatic carbocycles. The highest BCUT2D eigenvalue weighted by molar-refractivity contribution is 9.10. The highest BCUT2D eigenvalue weighted by Gasteiger charge is 2.28. The Morgan fingerprint density at radius 2 is 1.83 bits per heavy atom. The summed E-state index contributed by atoms with van der Waals surface area (Å²) >= 11 is 3.49. The second-order valence-corrected chi connectivity index (χ2v) is 7.93. The van der Waals surface area contributed by atoms with Crippen LogP contribution >= 0.6 is 15.9 Å². The number of rotatable bonds is 1. The summed E-state index contributed by atoms with van der Waals surface area (Å²) in [4.78, 5) is 27.9. The summed E-state index contributed by atoms with van der Waals surface area (Å²) in [5.74, 6) is -0.162. The minimum absolute atomic E-state index is 0.162. The van der Waals surface area contributed by atoms with E-state index >= 15 is 0 Å². The van der Waals surface area contributed by atoms with Crippen molar-refractivity contribution in [3.05, 3.63) is 15.9 Å². The van der Waals surface area contributed by atoms with Gasteiger partial charge in [0, 0.05) is 27.2 Å². The van der Waals surface area contributed by atoms with Crippen molar-refractivity contribution in [3.8, 4) is 0 Å². The van der Waals surface area contributed by atoms with Crippen LogP contribution in [0.1, 0.15) is 49.8 Å². The third-order valence-corrected chi connectivity index (χ3v) is 4.48. The van der Waals surface area contributed by atoms with Gasteiger partial charge >= 0.3 is 6.09 Å². The monoisotopic (exact) mass is 400 g/mol. The van der Waals surface area contributed by atoms with Gasteiger partial charge in [0.2, 0.25) is 0 Å². The normalized spacial score (nSPS) is 15.3. The molecule has 0 unspecified atom stereocenters. The number of hydrogen-bond acceptors (Lipinski definition) is 4. The van der Waals surface area contributed by atoms with E-state index in [4.69, 9.17) is 4.74 Å². The summed E-state index contributed by atoms with van der Waals surface area (Å²) in [6.45, 7) is 7.28. The van der Waals surface area contributed by atoms with Crippen LogP contribution in [0.2, 0.25) is 0 Å². The number of aryl methyl sites for hydroxylation is 1. The van der Waals surface area contributed by atoms with Crippen LogP contribution in [-0.4, -0.2) is 57.8 Å². The van der Waals surface area contributed by atoms with Gasteiger partial charge in [-0.3, -0.25) is 9.48 Å². The maximum Gasteiger partial charge on any atom is 0.410 e. The average Bonchev–Trinajstić information content (AvgIpc) is 2.71. The van der Waals surface area contributed by atoms with Crippen LogP contribution in [0, 0.1) is 0 Å². The van der Waals surface area contributed by atoms with Crippen LogP contribution in [0.4, 0.5) is 4.79 Å². The molecule has 2 heterocycles.